The first-order valence-corrected chi connectivity index (χ1v) is 11.3. The Morgan fingerprint density at radius 3 is 2.38 bits per heavy atom. The summed E-state index contributed by atoms with van der Waals surface area (Å²) in [5.74, 6) is -0.442. The highest BCUT2D eigenvalue weighted by Crippen LogP contribution is 2.30. The molecule has 6 nitrogen and oxygen atoms in total. The molecule has 1 aliphatic carbocycles. The topological polar surface area (TPSA) is 94.2 Å². The predicted molar refractivity (Wildman–Crippen MR) is 114 cm³/mol. The number of sulfonamides is 1. The third-order valence-electron chi connectivity index (χ3n) is 5.85. The van der Waals surface area contributed by atoms with Crippen LogP contribution in [-0.4, -0.2) is 24.9 Å². The molecule has 2 aromatic carbocycles. The molecular weight excluding hydrogens is 386 g/mol. The smallest absolute Gasteiger partial charge is 0.240 e. The van der Waals surface area contributed by atoms with Gasteiger partial charge in [0.25, 0.3) is 0 Å². The standard InChI is InChI=1S/C22H25N3O3S/c1-25-20-12-11-19(13-17(20)14-21(25)15-5-3-2-4-6-15)29(27,28)24-18-9-7-16(8-10-18)22(23)26/h2-6,11-14,16,18,24H,7-10H2,1H3,(H2,23,26)/t16-,18-. The highest BCUT2D eigenvalue weighted by atomic mass is 32.2. The molecule has 0 atom stereocenters. The molecule has 1 aromatic heterocycles. The molecule has 0 radical (unpaired) electrons. The number of aromatic nitrogens is 1. The van der Waals surface area contributed by atoms with Gasteiger partial charge in [-0.1, -0.05) is 30.3 Å². The number of nitrogens with two attached hydrogens (primary N) is 1. The number of carbonyl (C=O) groups excluding carboxylic acids is 1. The van der Waals surface area contributed by atoms with Crippen LogP contribution in [0.3, 0.4) is 0 Å². The van der Waals surface area contributed by atoms with Crippen LogP contribution in [0.5, 0.6) is 0 Å². The Kier molecular flexibility index (Phi) is 5.19. The van der Waals surface area contributed by atoms with Crippen LogP contribution < -0.4 is 10.5 Å². The number of rotatable bonds is 5. The lowest BCUT2D eigenvalue weighted by atomic mass is 9.86. The van der Waals surface area contributed by atoms with Gasteiger partial charge in [0.2, 0.25) is 15.9 Å². The molecule has 3 N–H and O–H groups in total. The molecule has 4 rings (SSSR count). The largest absolute Gasteiger partial charge is 0.369 e. The van der Waals surface area contributed by atoms with Gasteiger partial charge in [-0.25, -0.2) is 13.1 Å². The lowest BCUT2D eigenvalue weighted by Crippen LogP contribution is -2.39. The first-order chi connectivity index (χ1) is 13.8. The molecule has 0 unspecified atom stereocenters. The number of carbonyl (C=O) groups is 1. The predicted octanol–water partition coefficient (Wildman–Crippen LogP) is 3.17. The van der Waals surface area contributed by atoms with E-state index in [0.29, 0.717) is 25.7 Å². The van der Waals surface area contributed by atoms with Crippen molar-refractivity contribution in [3.8, 4) is 11.3 Å². The van der Waals surface area contributed by atoms with Crippen LogP contribution in [0, 0.1) is 5.92 Å². The van der Waals surface area contributed by atoms with Gasteiger partial charge in [0.1, 0.15) is 0 Å². The number of primary amides is 1. The van der Waals surface area contributed by atoms with E-state index >= 15 is 0 Å². The number of fused-ring (bicyclic) bond motifs is 1. The lowest BCUT2D eigenvalue weighted by molar-refractivity contribution is -0.122. The number of nitrogens with zero attached hydrogens (tertiary/aromatic N) is 1. The normalized spacial score (nSPS) is 20.0. The highest BCUT2D eigenvalue weighted by molar-refractivity contribution is 7.89. The molecule has 0 aliphatic heterocycles. The van der Waals surface area contributed by atoms with E-state index in [1.54, 1.807) is 12.1 Å². The van der Waals surface area contributed by atoms with Crippen molar-refractivity contribution in [1.29, 1.82) is 0 Å². The Morgan fingerprint density at radius 1 is 1.03 bits per heavy atom. The molecule has 3 aromatic rings. The third-order valence-corrected chi connectivity index (χ3v) is 7.36. The third kappa shape index (κ3) is 3.93. The van der Waals surface area contributed by atoms with Gasteiger partial charge < -0.3 is 10.3 Å². The van der Waals surface area contributed by atoms with E-state index in [1.807, 2.05) is 49.5 Å². The number of hydrogen-bond acceptors (Lipinski definition) is 3. The first kappa shape index (κ1) is 19.7. The van der Waals surface area contributed by atoms with Gasteiger partial charge in [-0.15, -0.1) is 0 Å². The summed E-state index contributed by atoms with van der Waals surface area (Å²) in [4.78, 5) is 11.6. The summed E-state index contributed by atoms with van der Waals surface area (Å²) in [5, 5.41) is 0.881. The lowest BCUT2D eigenvalue weighted by Gasteiger charge is -2.27. The van der Waals surface area contributed by atoms with E-state index in [0.717, 1.165) is 22.2 Å². The van der Waals surface area contributed by atoms with Crippen molar-refractivity contribution < 1.29 is 13.2 Å². The summed E-state index contributed by atoms with van der Waals surface area (Å²) in [5.41, 5.74) is 8.46. The summed E-state index contributed by atoms with van der Waals surface area (Å²) < 4.78 is 30.7. The van der Waals surface area contributed by atoms with E-state index in [4.69, 9.17) is 5.73 Å². The number of amides is 1. The van der Waals surface area contributed by atoms with E-state index in [2.05, 4.69) is 9.29 Å². The number of aryl methyl sites for hydroxylation is 1. The van der Waals surface area contributed by atoms with Gasteiger partial charge in [0, 0.05) is 35.6 Å². The zero-order valence-corrected chi connectivity index (χ0v) is 17.2. The van der Waals surface area contributed by atoms with Crippen molar-refractivity contribution in [1.82, 2.24) is 9.29 Å². The van der Waals surface area contributed by atoms with Gasteiger partial charge in [-0.2, -0.15) is 0 Å². The van der Waals surface area contributed by atoms with Crippen LogP contribution >= 0.6 is 0 Å². The molecule has 1 heterocycles. The van der Waals surface area contributed by atoms with Gasteiger partial charge >= 0.3 is 0 Å². The summed E-state index contributed by atoms with van der Waals surface area (Å²) >= 11 is 0. The second-order valence-electron chi connectivity index (χ2n) is 7.75. The average molecular weight is 412 g/mol. The van der Waals surface area contributed by atoms with Crippen molar-refractivity contribution in [2.75, 3.05) is 0 Å². The zero-order chi connectivity index (χ0) is 20.6. The molecule has 1 amide bonds. The fraction of sp³-hybridized carbons (Fsp3) is 0.318. The van der Waals surface area contributed by atoms with Crippen molar-refractivity contribution in [3.05, 3.63) is 54.6 Å². The first-order valence-electron chi connectivity index (χ1n) is 9.82. The van der Waals surface area contributed by atoms with Crippen LogP contribution in [-0.2, 0) is 21.9 Å². The minimum Gasteiger partial charge on any atom is -0.369 e. The van der Waals surface area contributed by atoms with Crippen LogP contribution in [0.25, 0.3) is 22.2 Å². The maximum Gasteiger partial charge on any atom is 0.240 e. The Balaban J connectivity index is 1.58. The fourth-order valence-corrected chi connectivity index (χ4v) is 5.50. The average Bonchev–Trinajstić information content (AvgIpc) is 3.05. The second kappa shape index (κ2) is 7.65. The summed E-state index contributed by atoms with van der Waals surface area (Å²) in [6.07, 6.45) is 2.50. The monoisotopic (exact) mass is 411 g/mol. The number of hydrogen-bond donors (Lipinski definition) is 2. The Morgan fingerprint density at radius 2 is 1.72 bits per heavy atom. The Hall–Kier alpha value is -2.64. The van der Waals surface area contributed by atoms with Crippen LogP contribution in [0.15, 0.2) is 59.5 Å². The molecule has 1 aliphatic rings. The minimum absolute atomic E-state index is 0.146. The minimum atomic E-state index is -3.63. The maximum absolute atomic E-state index is 12.9. The quantitative estimate of drug-likeness (QED) is 0.675. The molecule has 152 valence electrons. The molecule has 29 heavy (non-hydrogen) atoms. The SMILES string of the molecule is Cn1c(-c2ccccc2)cc2cc(S(=O)(=O)N[C@H]3CC[C@H](C(N)=O)CC3)ccc21. The van der Waals surface area contributed by atoms with Gasteiger partial charge in [0.05, 0.1) is 4.90 Å². The van der Waals surface area contributed by atoms with Gasteiger partial charge in [-0.05, 0) is 55.5 Å². The number of benzene rings is 2. The second-order valence-corrected chi connectivity index (χ2v) is 9.46. The van der Waals surface area contributed by atoms with Crippen molar-refractivity contribution in [3.63, 3.8) is 0 Å². The fourth-order valence-electron chi connectivity index (χ4n) is 4.16. The summed E-state index contributed by atoms with van der Waals surface area (Å²) in [6.45, 7) is 0. The molecule has 1 saturated carbocycles. The van der Waals surface area contributed by atoms with E-state index < -0.39 is 10.0 Å². The summed E-state index contributed by atoms with van der Waals surface area (Å²) in [6, 6.07) is 17.1. The molecular formula is C22H25N3O3S. The molecule has 0 bridgehead atoms. The van der Waals surface area contributed by atoms with E-state index in [9.17, 15) is 13.2 Å². The Bertz CT molecular complexity index is 1140. The van der Waals surface area contributed by atoms with E-state index in [1.165, 1.54) is 0 Å². The van der Waals surface area contributed by atoms with Crippen molar-refractivity contribution in [2.45, 2.75) is 36.6 Å². The highest BCUT2D eigenvalue weighted by Gasteiger charge is 2.28. The van der Waals surface area contributed by atoms with Crippen LogP contribution in [0.2, 0.25) is 0 Å². The van der Waals surface area contributed by atoms with Crippen molar-refractivity contribution in [2.24, 2.45) is 18.7 Å². The zero-order valence-electron chi connectivity index (χ0n) is 16.3. The number of nitrogens with one attached hydrogen (secondary N) is 1. The van der Waals surface area contributed by atoms with Crippen LogP contribution in [0.1, 0.15) is 25.7 Å². The van der Waals surface area contributed by atoms with Crippen LogP contribution in [0.4, 0.5) is 0 Å². The molecule has 0 spiro atoms. The van der Waals surface area contributed by atoms with E-state index in [-0.39, 0.29) is 22.8 Å². The van der Waals surface area contributed by atoms with Gasteiger partial charge in [0.15, 0.2) is 0 Å². The Labute approximate surface area is 170 Å². The molecule has 7 heteroatoms. The van der Waals surface area contributed by atoms with Crippen molar-refractivity contribution >= 4 is 26.8 Å². The summed E-state index contributed by atoms with van der Waals surface area (Å²) in [7, 11) is -1.65. The molecule has 1 fully saturated rings. The van der Waals surface area contributed by atoms with Gasteiger partial charge in [-0.3, -0.25) is 4.79 Å². The maximum atomic E-state index is 12.9. The molecule has 0 saturated heterocycles.